The number of nitrogens with zero attached hydrogens (tertiary/aromatic N) is 5. The number of halogens is 1. The van der Waals surface area contributed by atoms with E-state index < -0.39 is 5.82 Å². The molecule has 1 atom stereocenters. The van der Waals surface area contributed by atoms with E-state index in [9.17, 15) is 19.2 Å². The molecule has 2 saturated carbocycles. The van der Waals surface area contributed by atoms with Gasteiger partial charge in [0, 0.05) is 55.1 Å². The van der Waals surface area contributed by atoms with Crippen LogP contribution in [-0.4, -0.2) is 56.4 Å². The third-order valence-corrected chi connectivity index (χ3v) is 9.99. The van der Waals surface area contributed by atoms with Crippen LogP contribution in [0.15, 0.2) is 47.4 Å². The number of piperidine rings is 1. The topological polar surface area (TPSA) is 98.0 Å². The molecule has 0 bridgehead atoms. The molecule has 5 heterocycles. The Balaban J connectivity index is 1.22. The second-order valence-electron chi connectivity index (χ2n) is 13.7. The summed E-state index contributed by atoms with van der Waals surface area (Å²) in [6.07, 6.45) is 8.68. The van der Waals surface area contributed by atoms with Crippen LogP contribution in [0, 0.1) is 29.0 Å². The molecule has 3 aromatic heterocycles. The third kappa shape index (κ3) is 5.35. The van der Waals surface area contributed by atoms with Crippen LogP contribution in [0.3, 0.4) is 0 Å². The summed E-state index contributed by atoms with van der Waals surface area (Å²) in [4.78, 5) is 40.2. The number of carbonyl (C=O) groups is 1. The summed E-state index contributed by atoms with van der Waals surface area (Å²) in [7, 11) is 0. The lowest BCUT2D eigenvalue weighted by atomic mass is 9.95. The molecular formula is C36H37FN6O2. The molecule has 0 radical (unpaired) electrons. The number of pyridine rings is 2. The van der Waals surface area contributed by atoms with E-state index in [0.29, 0.717) is 47.7 Å². The predicted octanol–water partition coefficient (Wildman–Crippen LogP) is 6.10. The zero-order valence-corrected chi connectivity index (χ0v) is 25.6. The van der Waals surface area contributed by atoms with Gasteiger partial charge in [0.25, 0.3) is 11.5 Å². The van der Waals surface area contributed by atoms with Crippen LogP contribution in [0.1, 0.15) is 84.6 Å². The SMILES string of the molecule is C[C@H]1CCCN(Cc2cc3c(C4CC4)cn(-c4cc(-c5ccc(F)cc5C(=O)N5CC(C#N)C5)cc(C5CC5)n4)c(=O)c3[nH]2)C1. The summed E-state index contributed by atoms with van der Waals surface area (Å²) >= 11 is 0. The van der Waals surface area contributed by atoms with Gasteiger partial charge in [-0.15, -0.1) is 0 Å². The molecule has 4 aliphatic rings. The van der Waals surface area contributed by atoms with E-state index in [1.54, 1.807) is 15.5 Å². The Bertz CT molecular complexity index is 1920. The lowest BCUT2D eigenvalue weighted by Crippen LogP contribution is -2.49. The Morgan fingerprint density at radius 3 is 2.60 bits per heavy atom. The Labute approximate surface area is 261 Å². The van der Waals surface area contributed by atoms with Gasteiger partial charge in [0.05, 0.1) is 17.6 Å². The number of H-pyrrole nitrogens is 1. The first-order chi connectivity index (χ1) is 21.8. The fourth-order valence-electron chi connectivity index (χ4n) is 7.19. The first kappa shape index (κ1) is 28.2. The minimum Gasteiger partial charge on any atom is -0.353 e. The monoisotopic (exact) mass is 604 g/mol. The van der Waals surface area contributed by atoms with E-state index in [1.807, 2.05) is 18.3 Å². The second-order valence-corrected chi connectivity index (χ2v) is 13.7. The zero-order chi connectivity index (χ0) is 30.8. The third-order valence-electron chi connectivity index (χ3n) is 9.99. The average Bonchev–Trinajstić information content (AvgIpc) is 3.94. The largest absolute Gasteiger partial charge is 0.353 e. The minimum absolute atomic E-state index is 0.141. The average molecular weight is 605 g/mol. The molecule has 1 N–H and O–H groups in total. The van der Waals surface area contributed by atoms with E-state index in [2.05, 4.69) is 28.9 Å². The number of fused-ring (bicyclic) bond motifs is 1. The van der Waals surface area contributed by atoms with Gasteiger partial charge in [-0.2, -0.15) is 5.26 Å². The summed E-state index contributed by atoms with van der Waals surface area (Å²) < 4.78 is 16.2. The molecule has 45 heavy (non-hydrogen) atoms. The molecule has 230 valence electrons. The molecule has 1 aromatic carbocycles. The highest BCUT2D eigenvalue weighted by Crippen LogP contribution is 2.44. The molecule has 8 rings (SSSR count). The minimum atomic E-state index is -0.492. The zero-order valence-electron chi connectivity index (χ0n) is 25.6. The molecule has 2 aliphatic carbocycles. The molecule has 9 heteroatoms. The van der Waals surface area contributed by atoms with Gasteiger partial charge in [0.2, 0.25) is 0 Å². The lowest BCUT2D eigenvalue weighted by molar-refractivity contribution is 0.0577. The molecule has 8 nitrogen and oxygen atoms in total. The van der Waals surface area contributed by atoms with Crippen LogP contribution < -0.4 is 5.56 Å². The normalized spacial score (nSPS) is 20.7. The molecule has 2 saturated heterocycles. The summed E-state index contributed by atoms with van der Waals surface area (Å²) in [5.41, 5.74) is 5.17. The van der Waals surface area contributed by atoms with Crippen LogP contribution in [0.4, 0.5) is 4.39 Å². The van der Waals surface area contributed by atoms with Gasteiger partial charge in [-0.1, -0.05) is 13.0 Å². The quantitative estimate of drug-likeness (QED) is 0.275. The summed E-state index contributed by atoms with van der Waals surface area (Å²) in [5, 5.41) is 10.2. The van der Waals surface area contributed by atoms with E-state index >= 15 is 0 Å². The maximum atomic E-state index is 14.5. The Hall–Kier alpha value is -4.29. The van der Waals surface area contributed by atoms with Crippen LogP contribution >= 0.6 is 0 Å². The molecular weight excluding hydrogens is 567 g/mol. The number of nitrogens with one attached hydrogen (secondary N) is 1. The van der Waals surface area contributed by atoms with Crippen molar-refractivity contribution in [1.29, 1.82) is 5.26 Å². The number of carbonyl (C=O) groups excluding carboxylic acids is 1. The number of aromatic amines is 1. The number of hydrogen-bond donors (Lipinski definition) is 1. The number of rotatable bonds is 7. The second kappa shape index (κ2) is 11.0. The van der Waals surface area contributed by atoms with Crippen molar-refractivity contribution in [2.45, 2.75) is 63.8 Å². The number of hydrogen-bond acceptors (Lipinski definition) is 5. The van der Waals surface area contributed by atoms with Gasteiger partial charge >= 0.3 is 0 Å². The van der Waals surface area contributed by atoms with Gasteiger partial charge < -0.3 is 9.88 Å². The summed E-state index contributed by atoms with van der Waals surface area (Å²) in [6, 6.07) is 12.5. The van der Waals surface area contributed by atoms with Crippen LogP contribution in [0.5, 0.6) is 0 Å². The molecule has 4 aromatic rings. The lowest BCUT2D eigenvalue weighted by Gasteiger charge is -2.35. The van der Waals surface area contributed by atoms with Gasteiger partial charge in [-0.25, -0.2) is 9.37 Å². The van der Waals surface area contributed by atoms with Crippen LogP contribution in [0.2, 0.25) is 0 Å². The van der Waals surface area contributed by atoms with Crippen molar-refractivity contribution < 1.29 is 9.18 Å². The van der Waals surface area contributed by atoms with Crippen molar-refractivity contribution in [3.63, 3.8) is 0 Å². The molecule has 2 aliphatic heterocycles. The van der Waals surface area contributed by atoms with Crippen molar-refractivity contribution in [3.05, 3.63) is 81.3 Å². The van der Waals surface area contributed by atoms with Crippen LogP contribution in [-0.2, 0) is 6.54 Å². The van der Waals surface area contributed by atoms with Gasteiger partial charge in [-0.3, -0.25) is 19.1 Å². The Morgan fingerprint density at radius 2 is 1.87 bits per heavy atom. The Kier molecular flexibility index (Phi) is 6.86. The number of amides is 1. The fourth-order valence-corrected chi connectivity index (χ4v) is 7.19. The first-order valence-corrected chi connectivity index (χ1v) is 16.3. The smallest absolute Gasteiger partial charge is 0.280 e. The van der Waals surface area contributed by atoms with Crippen LogP contribution in [0.25, 0.3) is 27.8 Å². The maximum absolute atomic E-state index is 14.5. The highest BCUT2D eigenvalue weighted by molar-refractivity contribution is 6.01. The van der Waals surface area contributed by atoms with Gasteiger partial charge in [0.15, 0.2) is 0 Å². The van der Waals surface area contributed by atoms with E-state index in [1.165, 1.54) is 30.5 Å². The standard InChI is InChI=1S/C36H37FN6O2/c1-21-3-2-10-41(16-21)19-27-14-29-31(23-4-5-23)20-43(36(45)34(29)39-27)33-12-25(11-32(40-33)24-6-7-24)28-9-8-26(37)13-30(28)35(44)42-17-22(15-38)18-42/h8-9,11-14,20-24,39H,2-7,10,16-19H2,1H3/t21-/m0/s1. The van der Waals surface area contributed by atoms with Gasteiger partial charge in [0.1, 0.15) is 17.2 Å². The number of nitriles is 1. The highest BCUT2D eigenvalue weighted by Gasteiger charge is 2.34. The highest BCUT2D eigenvalue weighted by atomic mass is 19.1. The first-order valence-electron chi connectivity index (χ1n) is 16.3. The number of likely N-dealkylation sites (tertiary alicyclic amines) is 2. The van der Waals surface area contributed by atoms with E-state index in [0.717, 1.165) is 67.7 Å². The predicted molar refractivity (Wildman–Crippen MR) is 170 cm³/mol. The van der Waals surface area contributed by atoms with Crippen molar-refractivity contribution in [2.24, 2.45) is 11.8 Å². The maximum Gasteiger partial charge on any atom is 0.280 e. The molecule has 4 fully saturated rings. The molecule has 0 spiro atoms. The fraction of sp³-hybridized carbons (Fsp3) is 0.444. The van der Waals surface area contributed by atoms with E-state index in [-0.39, 0.29) is 22.9 Å². The molecule has 1 amide bonds. The van der Waals surface area contributed by atoms with Crippen molar-refractivity contribution >= 4 is 16.8 Å². The summed E-state index contributed by atoms with van der Waals surface area (Å²) in [5.74, 6) is 0.923. The van der Waals surface area contributed by atoms with Gasteiger partial charge in [-0.05, 0) is 104 Å². The Morgan fingerprint density at radius 1 is 1.07 bits per heavy atom. The van der Waals surface area contributed by atoms with Crippen molar-refractivity contribution in [2.75, 3.05) is 26.2 Å². The van der Waals surface area contributed by atoms with Crippen molar-refractivity contribution in [1.82, 2.24) is 24.3 Å². The van der Waals surface area contributed by atoms with Crippen molar-refractivity contribution in [3.8, 4) is 23.0 Å². The van der Waals surface area contributed by atoms with E-state index in [4.69, 9.17) is 4.98 Å². The number of benzene rings is 1. The summed E-state index contributed by atoms with van der Waals surface area (Å²) in [6.45, 7) is 5.93. The number of aromatic nitrogens is 3. The molecule has 0 unspecified atom stereocenters.